The maximum absolute atomic E-state index is 5.35. The molecular formula is C17H16N2OS. The molecule has 0 aliphatic carbocycles. The molecule has 0 saturated heterocycles. The quantitative estimate of drug-likeness (QED) is 0.756. The number of thiazole rings is 1. The Morgan fingerprint density at radius 2 is 1.81 bits per heavy atom. The molecule has 3 nitrogen and oxygen atoms in total. The van der Waals surface area contributed by atoms with E-state index in [4.69, 9.17) is 4.74 Å². The lowest BCUT2D eigenvalue weighted by atomic mass is 10.2. The van der Waals surface area contributed by atoms with E-state index in [1.165, 1.54) is 0 Å². The van der Waals surface area contributed by atoms with Crippen LogP contribution in [0.4, 0.5) is 5.13 Å². The van der Waals surface area contributed by atoms with Crippen LogP contribution < -0.4 is 10.1 Å². The van der Waals surface area contributed by atoms with E-state index in [0.29, 0.717) is 6.54 Å². The van der Waals surface area contributed by atoms with Gasteiger partial charge >= 0.3 is 0 Å². The van der Waals surface area contributed by atoms with Crippen LogP contribution in [0.3, 0.4) is 0 Å². The first-order chi connectivity index (χ1) is 10.4. The lowest BCUT2D eigenvalue weighted by Gasteiger charge is -2.08. The molecule has 21 heavy (non-hydrogen) atoms. The normalized spacial score (nSPS) is 10.3. The van der Waals surface area contributed by atoms with Crippen molar-refractivity contribution in [3.05, 3.63) is 65.5 Å². The number of rotatable bonds is 5. The second-order valence-corrected chi connectivity index (χ2v) is 5.43. The van der Waals surface area contributed by atoms with E-state index in [-0.39, 0.29) is 0 Å². The number of hydrogen-bond acceptors (Lipinski definition) is 4. The van der Waals surface area contributed by atoms with Gasteiger partial charge in [0.2, 0.25) is 0 Å². The van der Waals surface area contributed by atoms with Gasteiger partial charge < -0.3 is 10.1 Å². The van der Waals surface area contributed by atoms with Crippen LogP contribution >= 0.6 is 11.3 Å². The number of hydrogen-bond donors (Lipinski definition) is 1. The number of methoxy groups -OCH3 is 1. The molecule has 0 amide bonds. The zero-order valence-corrected chi connectivity index (χ0v) is 12.6. The smallest absolute Gasteiger partial charge is 0.183 e. The van der Waals surface area contributed by atoms with Crippen molar-refractivity contribution in [2.24, 2.45) is 0 Å². The summed E-state index contributed by atoms with van der Waals surface area (Å²) in [6.45, 7) is 0.700. The van der Waals surface area contributed by atoms with Gasteiger partial charge in [-0.05, 0) is 6.07 Å². The molecule has 2 aromatic carbocycles. The van der Waals surface area contributed by atoms with Crippen LogP contribution in [0.2, 0.25) is 0 Å². The molecule has 1 aromatic heterocycles. The second kappa shape index (κ2) is 6.41. The van der Waals surface area contributed by atoms with Crippen molar-refractivity contribution >= 4 is 16.5 Å². The molecule has 3 rings (SSSR count). The number of nitrogens with one attached hydrogen (secondary N) is 1. The Balaban J connectivity index is 1.71. The molecule has 1 heterocycles. The average Bonchev–Trinajstić information content (AvgIpc) is 3.03. The highest BCUT2D eigenvalue weighted by atomic mass is 32.1. The molecular weight excluding hydrogens is 280 g/mol. The second-order valence-electron chi connectivity index (χ2n) is 4.57. The minimum absolute atomic E-state index is 0.700. The summed E-state index contributed by atoms with van der Waals surface area (Å²) in [6, 6.07) is 18.2. The van der Waals surface area contributed by atoms with E-state index in [0.717, 1.165) is 27.7 Å². The van der Waals surface area contributed by atoms with Gasteiger partial charge in [0.05, 0.1) is 12.8 Å². The summed E-state index contributed by atoms with van der Waals surface area (Å²) in [4.78, 5) is 4.62. The molecule has 0 aliphatic heterocycles. The van der Waals surface area contributed by atoms with Crippen LogP contribution in [-0.4, -0.2) is 12.1 Å². The molecule has 0 bridgehead atoms. The van der Waals surface area contributed by atoms with Crippen molar-refractivity contribution in [3.63, 3.8) is 0 Å². The van der Waals surface area contributed by atoms with Crippen LogP contribution in [0.1, 0.15) is 5.56 Å². The lowest BCUT2D eigenvalue weighted by Crippen LogP contribution is -2.01. The summed E-state index contributed by atoms with van der Waals surface area (Å²) in [5.74, 6) is 0.893. The van der Waals surface area contributed by atoms with Gasteiger partial charge in [-0.2, -0.15) is 0 Å². The number of ether oxygens (including phenoxy) is 1. The minimum Gasteiger partial charge on any atom is -0.496 e. The van der Waals surface area contributed by atoms with Crippen LogP contribution in [0.25, 0.3) is 11.3 Å². The van der Waals surface area contributed by atoms with Gasteiger partial charge in [0.1, 0.15) is 5.75 Å². The Hall–Kier alpha value is -2.33. The maximum Gasteiger partial charge on any atom is 0.183 e. The SMILES string of the molecule is COc1ccccc1CNc1nc(-c2ccccc2)cs1. The first kappa shape index (κ1) is 13.6. The number of anilines is 1. The average molecular weight is 296 g/mol. The molecule has 0 unspecified atom stereocenters. The zero-order chi connectivity index (χ0) is 14.5. The number of benzene rings is 2. The van der Waals surface area contributed by atoms with Crippen molar-refractivity contribution in [2.75, 3.05) is 12.4 Å². The van der Waals surface area contributed by atoms with Crippen LogP contribution in [0.5, 0.6) is 5.75 Å². The van der Waals surface area contributed by atoms with Crippen LogP contribution in [0.15, 0.2) is 60.0 Å². The largest absolute Gasteiger partial charge is 0.496 e. The van der Waals surface area contributed by atoms with Gasteiger partial charge in [0.25, 0.3) is 0 Å². The van der Waals surface area contributed by atoms with Gasteiger partial charge in [0, 0.05) is 23.1 Å². The number of nitrogens with zero attached hydrogens (tertiary/aromatic N) is 1. The molecule has 106 valence electrons. The van der Waals surface area contributed by atoms with Gasteiger partial charge in [-0.25, -0.2) is 4.98 Å². The summed E-state index contributed by atoms with van der Waals surface area (Å²) < 4.78 is 5.35. The first-order valence-corrected chi connectivity index (χ1v) is 7.61. The van der Waals surface area contributed by atoms with Gasteiger partial charge in [-0.3, -0.25) is 0 Å². The van der Waals surface area contributed by atoms with Gasteiger partial charge in [-0.1, -0.05) is 48.5 Å². The Kier molecular flexibility index (Phi) is 4.17. The molecule has 0 spiro atoms. The molecule has 0 saturated carbocycles. The van der Waals surface area contributed by atoms with E-state index in [1.807, 2.05) is 36.4 Å². The molecule has 0 atom stereocenters. The van der Waals surface area contributed by atoms with E-state index < -0.39 is 0 Å². The van der Waals surface area contributed by atoms with Gasteiger partial charge in [-0.15, -0.1) is 11.3 Å². The fraction of sp³-hybridized carbons (Fsp3) is 0.118. The Morgan fingerprint density at radius 3 is 2.62 bits per heavy atom. The van der Waals surface area contributed by atoms with Crippen molar-refractivity contribution in [1.82, 2.24) is 4.98 Å². The zero-order valence-electron chi connectivity index (χ0n) is 11.7. The molecule has 0 fully saturated rings. The predicted octanol–water partition coefficient (Wildman–Crippen LogP) is 4.43. The van der Waals surface area contributed by atoms with Crippen LogP contribution in [0, 0.1) is 0 Å². The first-order valence-electron chi connectivity index (χ1n) is 6.73. The highest BCUT2D eigenvalue weighted by Gasteiger charge is 2.05. The molecule has 3 aromatic rings. The van der Waals surface area contributed by atoms with E-state index >= 15 is 0 Å². The Bertz CT molecular complexity index is 710. The van der Waals surface area contributed by atoms with Crippen LogP contribution in [-0.2, 0) is 6.54 Å². The van der Waals surface area contributed by atoms with E-state index in [9.17, 15) is 0 Å². The summed E-state index contributed by atoms with van der Waals surface area (Å²) in [5.41, 5.74) is 3.26. The van der Waals surface area contributed by atoms with Crippen molar-refractivity contribution in [3.8, 4) is 17.0 Å². The minimum atomic E-state index is 0.700. The van der Waals surface area contributed by atoms with Crippen molar-refractivity contribution in [1.29, 1.82) is 0 Å². The summed E-state index contributed by atoms with van der Waals surface area (Å²) in [7, 11) is 1.69. The summed E-state index contributed by atoms with van der Waals surface area (Å²) >= 11 is 1.61. The summed E-state index contributed by atoms with van der Waals surface area (Å²) in [6.07, 6.45) is 0. The summed E-state index contributed by atoms with van der Waals surface area (Å²) in [5, 5.41) is 6.34. The molecule has 0 aliphatic rings. The van der Waals surface area contributed by atoms with Gasteiger partial charge in [0.15, 0.2) is 5.13 Å². The number of aromatic nitrogens is 1. The fourth-order valence-corrected chi connectivity index (χ4v) is 2.83. The monoisotopic (exact) mass is 296 g/mol. The lowest BCUT2D eigenvalue weighted by molar-refractivity contribution is 0.410. The Labute approximate surface area is 128 Å². The van der Waals surface area contributed by atoms with E-state index in [2.05, 4.69) is 33.9 Å². The maximum atomic E-state index is 5.35. The van der Waals surface area contributed by atoms with Crippen molar-refractivity contribution in [2.45, 2.75) is 6.54 Å². The third-order valence-electron chi connectivity index (χ3n) is 3.20. The standard InChI is InChI=1S/C17H16N2OS/c1-20-16-10-6-5-9-14(16)11-18-17-19-15(12-21-17)13-7-3-2-4-8-13/h2-10,12H,11H2,1H3,(H,18,19). The van der Waals surface area contributed by atoms with E-state index in [1.54, 1.807) is 18.4 Å². The number of para-hydroxylation sites is 1. The Morgan fingerprint density at radius 1 is 1.05 bits per heavy atom. The third-order valence-corrected chi connectivity index (χ3v) is 4.00. The third kappa shape index (κ3) is 3.23. The van der Waals surface area contributed by atoms with Crippen molar-refractivity contribution < 1.29 is 4.74 Å². The molecule has 0 radical (unpaired) electrons. The topological polar surface area (TPSA) is 34.1 Å². The molecule has 4 heteroatoms. The predicted molar refractivity (Wildman–Crippen MR) is 87.9 cm³/mol. The fourth-order valence-electron chi connectivity index (χ4n) is 2.12. The molecule has 1 N–H and O–H groups in total. The highest BCUT2D eigenvalue weighted by Crippen LogP contribution is 2.26. The highest BCUT2D eigenvalue weighted by molar-refractivity contribution is 7.14.